The van der Waals surface area contributed by atoms with Gasteiger partial charge in [0, 0.05) is 11.8 Å². The van der Waals surface area contributed by atoms with E-state index in [9.17, 15) is 14.3 Å². The first-order valence-corrected chi connectivity index (χ1v) is 7.39. The Hall–Kier alpha value is -1.98. The second-order valence-electron chi connectivity index (χ2n) is 5.00. The molecular weight excluding hydrogens is 289 g/mol. The Morgan fingerprint density at radius 2 is 2.05 bits per heavy atom. The molecule has 3 rings (SSSR count). The second-order valence-corrected chi connectivity index (χ2v) is 6.03. The first kappa shape index (κ1) is 14.0. The minimum Gasteiger partial charge on any atom is -0.389 e. The fraction of sp³-hybridized carbons (Fsp3) is 0.188. The van der Waals surface area contributed by atoms with Gasteiger partial charge in [0.15, 0.2) is 0 Å². The van der Waals surface area contributed by atoms with Crippen LogP contribution in [0.4, 0.5) is 4.39 Å². The highest BCUT2D eigenvalue weighted by Gasteiger charge is 2.14. The summed E-state index contributed by atoms with van der Waals surface area (Å²) in [7, 11) is 0. The van der Waals surface area contributed by atoms with Gasteiger partial charge in [0.2, 0.25) is 0 Å². The van der Waals surface area contributed by atoms with E-state index in [0.29, 0.717) is 5.56 Å². The van der Waals surface area contributed by atoms with Crippen LogP contribution in [-0.4, -0.2) is 9.51 Å². The number of nitrogens with zero attached hydrogens (tertiary/aromatic N) is 1. The first-order chi connectivity index (χ1) is 9.97. The summed E-state index contributed by atoms with van der Waals surface area (Å²) in [5, 5.41) is 9.64. The molecule has 0 bridgehead atoms. The standard InChI is InChI=1S/C16H14FNO2S/c1-9-16(11-4-3-5-13(17)6-11)21-15-8-12(10(2)19)7-14(20)18(9)15/h3-8,10,19H,1-2H3/t10-/m0/s1. The third-order valence-corrected chi connectivity index (χ3v) is 4.71. The second kappa shape index (κ2) is 5.09. The van der Waals surface area contributed by atoms with Crippen LogP contribution < -0.4 is 5.56 Å². The van der Waals surface area contributed by atoms with Crippen molar-refractivity contribution in [3.05, 3.63) is 63.8 Å². The highest BCUT2D eigenvalue weighted by Crippen LogP contribution is 2.33. The zero-order chi connectivity index (χ0) is 15.1. The predicted octanol–water partition coefficient (Wildman–Crippen LogP) is 3.53. The third-order valence-electron chi connectivity index (χ3n) is 3.46. The van der Waals surface area contributed by atoms with E-state index >= 15 is 0 Å². The largest absolute Gasteiger partial charge is 0.389 e. The van der Waals surface area contributed by atoms with Gasteiger partial charge >= 0.3 is 0 Å². The van der Waals surface area contributed by atoms with Gasteiger partial charge in [-0.05, 0) is 43.2 Å². The molecule has 0 saturated carbocycles. The summed E-state index contributed by atoms with van der Waals surface area (Å²) in [6.07, 6.45) is -0.692. The lowest BCUT2D eigenvalue weighted by atomic mass is 10.1. The number of benzene rings is 1. The van der Waals surface area contributed by atoms with E-state index < -0.39 is 6.10 Å². The molecule has 1 aromatic carbocycles. The van der Waals surface area contributed by atoms with E-state index in [1.165, 1.54) is 29.5 Å². The number of halogens is 1. The number of aryl methyl sites for hydroxylation is 1. The summed E-state index contributed by atoms with van der Waals surface area (Å²) in [5.74, 6) is -0.304. The van der Waals surface area contributed by atoms with Gasteiger partial charge < -0.3 is 5.11 Å². The van der Waals surface area contributed by atoms with Crippen molar-refractivity contribution in [2.75, 3.05) is 0 Å². The fourth-order valence-corrected chi connectivity index (χ4v) is 3.60. The number of rotatable bonds is 2. The van der Waals surface area contributed by atoms with Gasteiger partial charge in [0.25, 0.3) is 5.56 Å². The van der Waals surface area contributed by atoms with Crippen molar-refractivity contribution in [3.8, 4) is 10.4 Å². The van der Waals surface area contributed by atoms with Gasteiger partial charge in [-0.2, -0.15) is 0 Å². The van der Waals surface area contributed by atoms with Gasteiger partial charge in [-0.1, -0.05) is 12.1 Å². The van der Waals surface area contributed by atoms with Crippen molar-refractivity contribution in [1.29, 1.82) is 0 Å². The Kier molecular flexibility index (Phi) is 3.39. The van der Waals surface area contributed by atoms with Gasteiger partial charge in [-0.15, -0.1) is 11.3 Å². The predicted molar refractivity (Wildman–Crippen MR) is 82.3 cm³/mol. The smallest absolute Gasteiger partial charge is 0.256 e. The molecule has 0 saturated heterocycles. The van der Waals surface area contributed by atoms with Crippen molar-refractivity contribution in [2.24, 2.45) is 0 Å². The average molecular weight is 303 g/mol. The van der Waals surface area contributed by atoms with Crippen LogP contribution in [0.3, 0.4) is 0 Å². The van der Waals surface area contributed by atoms with E-state index in [4.69, 9.17) is 0 Å². The van der Waals surface area contributed by atoms with Crippen LogP contribution in [-0.2, 0) is 0 Å². The fourth-order valence-electron chi connectivity index (χ4n) is 2.39. The molecule has 0 aliphatic heterocycles. The third kappa shape index (κ3) is 2.39. The lowest BCUT2D eigenvalue weighted by molar-refractivity contribution is 0.199. The minimum absolute atomic E-state index is 0.181. The number of aromatic nitrogens is 1. The average Bonchev–Trinajstić information content (AvgIpc) is 2.76. The van der Waals surface area contributed by atoms with E-state index in [-0.39, 0.29) is 11.4 Å². The molecule has 0 aliphatic rings. The van der Waals surface area contributed by atoms with Crippen LogP contribution in [0.25, 0.3) is 15.3 Å². The Labute approximate surface area is 124 Å². The van der Waals surface area contributed by atoms with Crippen LogP contribution >= 0.6 is 11.3 Å². The lowest BCUT2D eigenvalue weighted by Crippen LogP contribution is -2.14. The minimum atomic E-state index is -0.692. The van der Waals surface area contributed by atoms with Crippen LogP contribution in [0.2, 0.25) is 0 Å². The first-order valence-electron chi connectivity index (χ1n) is 6.57. The molecule has 0 unspecified atom stereocenters. The van der Waals surface area contributed by atoms with Crippen LogP contribution in [0.15, 0.2) is 41.2 Å². The number of aliphatic hydroxyl groups excluding tert-OH is 1. The number of hydrogen-bond donors (Lipinski definition) is 1. The maximum Gasteiger partial charge on any atom is 0.256 e. The lowest BCUT2D eigenvalue weighted by Gasteiger charge is -2.04. The normalized spacial score (nSPS) is 12.8. The van der Waals surface area contributed by atoms with Gasteiger partial charge in [0.05, 0.1) is 11.0 Å². The van der Waals surface area contributed by atoms with E-state index in [0.717, 1.165) is 21.0 Å². The molecule has 0 spiro atoms. The van der Waals surface area contributed by atoms with Gasteiger partial charge in [-0.3, -0.25) is 9.20 Å². The molecule has 21 heavy (non-hydrogen) atoms. The molecule has 3 aromatic rings. The monoisotopic (exact) mass is 303 g/mol. The molecule has 5 heteroatoms. The number of fused-ring (bicyclic) bond motifs is 1. The summed E-state index contributed by atoms with van der Waals surface area (Å²) in [6.45, 7) is 3.46. The summed E-state index contributed by atoms with van der Waals surface area (Å²) < 4.78 is 15.0. The molecule has 3 nitrogen and oxygen atoms in total. The molecule has 0 fully saturated rings. The van der Waals surface area contributed by atoms with E-state index in [2.05, 4.69) is 0 Å². The van der Waals surface area contributed by atoms with Crippen molar-refractivity contribution in [2.45, 2.75) is 20.0 Å². The maximum absolute atomic E-state index is 13.4. The van der Waals surface area contributed by atoms with Crippen molar-refractivity contribution in [3.63, 3.8) is 0 Å². The van der Waals surface area contributed by atoms with Gasteiger partial charge in [-0.25, -0.2) is 4.39 Å². The highest BCUT2D eigenvalue weighted by molar-refractivity contribution is 7.20. The quantitative estimate of drug-likeness (QED) is 0.787. The Bertz CT molecular complexity index is 880. The molecule has 0 radical (unpaired) electrons. The molecule has 1 atom stereocenters. The topological polar surface area (TPSA) is 41.7 Å². The zero-order valence-electron chi connectivity index (χ0n) is 11.6. The molecule has 2 heterocycles. The molecule has 0 aliphatic carbocycles. The van der Waals surface area contributed by atoms with Crippen LogP contribution in [0.5, 0.6) is 0 Å². The van der Waals surface area contributed by atoms with Crippen LogP contribution in [0.1, 0.15) is 24.3 Å². The molecular formula is C16H14FNO2S. The van der Waals surface area contributed by atoms with Crippen molar-refractivity contribution in [1.82, 2.24) is 4.40 Å². The molecule has 108 valence electrons. The Morgan fingerprint density at radius 1 is 1.29 bits per heavy atom. The van der Waals surface area contributed by atoms with Crippen molar-refractivity contribution < 1.29 is 9.50 Å². The molecule has 1 N–H and O–H groups in total. The number of hydrogen-bond acceptors (Lipinski definition) is 3. The SMILES string of the molecule is Cc1c(-c2cccc(F)c2)sc2cc([C@H](C)O)cc(=O)n12. The number of aliphatic hydroxyl groups is 1. The summed E-state index contributed by atoms with van der Waals surface area (Å²) >= 11 is 1.42. The number of thiazole rings is 1. The zero-order valence-corrected chi connectivity index (χ0v) is 12.4. The van der Waals surface area contributed by atoms with Gasteiger partial charge in [0.1, 0.15) is 10.6 Å². The Balaban J connectivity index is 2.29. The summed E-state index contributed by atoms with van der Waals surface area (Å²) in [6, 6.07) is 9.56. The van der Waals surface area contributed by atoms with Crippen LogP contribution in [0, 0.1) is 12.7 Å². The van der Waals surface area contributed by atoms with Crippen molar-refractivity contribution >= 4 is 16.2 Å². The summed E-state index contributed by atoms with van der Waals surface area (Å²) in [4.78, 5) is 13.8. The van der Waals surface area contributed by atoms with E-state index in [1.54, 1.807) is 23.5 Å². The molecule has 0 amide bonds. The number of pyridine rings is 1. The molecule has 2 aromatic heterocycles. The highest BCUT2D eigenvalue weighted by atomic mass is 32.1. The Morgan fingerprint density at radius 3 is 2.71 bits per heavy atom. The summed E-state index contributed by atoms with van der Waals surface area (Å²) in [5.41, 5.74) is 1.94. The maximum atomic E-state index is 13.4. The van der Waals surface area contributed by atoms with E-state index in [1.807, 2.05) is 13.0 Å².